The number of carbonyl (C=O) groups is 2. The zero-order chi connectivity index (χ0) is 13.9. The summed E-state index contributed by atoms with van der Waals surface area (Å²) in [7, 11) is 3.51. The average molecular weight is 271 g/mol. The number of hydrogen-bond acceptors (Lipinski definition) is 4. The third-order valence-corrected chi connectivity index (χ3v) is 3.73. The van der Waals surface area contributed by atoms with E-state index >= 15 is 0 Å². The van der Waals surface area contributed by atoms with E-state index in [2.05, 4.69) is 5.32 Å². The van der Waals surface area contributed by atoms with Gasteiger partial charge in [0.05, 0.1) is 0 Å². The van der Waals surface area contributed by atoms with Gasteiger partial charge in [-0.2, -0.15) is 0 Å². The van der Waals surface area contributed by atoms with E-state index in [1.54, 1.807) is 19.0 Å². The molecule has 18 heavy (non-hydrogen) atoms. The molecule has 0 aromatic heterocycles. The average Bonchev–Trinajstić information content (AvgIpc) is 2.30. The molecule has 1 saturated carbocycles. The maximum Gasteiger partial charge on any atom is 0.225 e. The molecule has 6 heteroatoms. The van der Waals surface area contributed by atoms with Gasteiger partial charge in [0, 0.05) is 39.0 Å². The van der Waals surface area contributed by atoms with Crippen molar-refractivity contribution in [2.24, 2.45) is 11.7 Å². The Hall–Kier alpha value is -1.01. The van der Waals surface area contributed by atoms with Crippen molar-refractivity contribution in [3.8, 4) is 0 Å². The molecule has 0 spiro atoms. The van der Waals surface area contributed by atoms with Crippen LogP contribution in [0.15, 0.2) is 0 Å². The minimum atomic E-state index is -0.149. The Morgan fingerprint density at radius 2 is 1.94 bits per heavy atom. The molecule has 0 bridgehead atoms. The van der Waals surface area contributed by atoms with Crippen molar-refractivity contribution in [3.63, 3.8) is 0 Å². The normalized spacial score (nSPS) is 27.4. The molecule has 0 radical (unpaired) electrons. The molecule has 3 N–H and O–H groups in total. The van der Waals surface area contributed by atoms with E-state index in [1.165, 1.54) is 6.92 Å². The highest BCUT2D eigenvalue weighted by Crippen LogP contribution is 2.25. The number of rotatable bonds is 3. The highest BCUT2D eigenvalue weighted by Gasteiger charge is 2.33. The maximum atomic E-state index is 11.9. The number of Topliss-reactive ketones (excluding diaryl/α,β-unsaturated/α-hetero) is 1. The maximum absolute atomic E-state index is 11.9. The molecule has 1 aliphatic carbocycles. The van der Waals surface area contributed by atoms with Crippen molar-refractivity contribution in [3.05, 3.63) is 0 Å². The molecule has 0 unspecified atom stereocenters. The van der Waals surface area contributed by atoms with E-state index in [4.69, 9.17) is 18.0 Å². The fourth-order valence-electron chi connectivity index (χ4n) is 2.24. The predicted molar refractivity (Wildman–Crippen MR) is 74.2 cm³/mol. The van der Waals surface area contributed by atoms with Gasteiger partial charge in [-0.05, 0) is 19.3 Å². The zero-order valence-corrected chi connectivity index (χ0v) is 11.9. The molecule has 1 amide bonds. The molecule has 0 aromatic carbocycles. The first-order chi connectivity index (χ1) is 8.32. The lowest BCUT2D eigenvalue weighted by molar-refractivity contribution is -0.134. The van der Waals surface area contributed by atoms with Gasteiger partial charge in [-0.25, -0.2) is 0 Å². The van der Waals surface area contributed by atoms with E-state index in [-0.39, 0.29) is 34.7 Å². The van der Waals surface area contributed by atoms with Crippen LogP contribution in [0.3, 0.4) is 0 Å². The zero-order valence-electron chi connectivity index (χ0n) is 11.1. The Bertz CT molecular complexity index is 357. The number of nitrogens with two attached hydrogens (primary N) is 1. The second kappa shape index (κ2) is 6.24. The van der Waals surface area contributed by atoms with Crippen molar-refractivity contribution >= 4 is 28.9 Å². The summed E-state index contributed by atoms with van der Waals surface area (Å²) >= 11 is 4.94. The lowest BCUT2D eigenvalue weighted by Gasteiger charge is -2.35. The Labute approximate surface area is 113 Å². The number of thiocarbonyl (C=S) groups is 1. The van der Waals surface area contributed by atoms with Gasteiger partial charge in [-0.3, -0.25) is 9.59 Å². The third kappa shape index (κ3) is 3.74. The first kappa shape index (κ1) is 15.0. The standard InChI is InChI=1S/C12H21N3O2S/c1-7(16)11(18)14-10-5-4-8(6-9(10)13)12(17)15(2)3/h8-10H,4-6,13H2,1-3H3,(H,14,18)/t8-,9+,10-/m0/s1. The van der Waals surface area contributed by atoms with E-state index in [0.717, 1.165) is 12.8 Å². The number of nitrogens with one attached hydrogen (secondary N) is 1. The number of hydrogen-bond donors (Lipinski definition) is 2. The first-order valence-electron chi connectivity index (χ1n) is 6.11. The monoisotopic (exact) mass is 271 g/mol. The van der Waals surface area contributed by atoms with Gasteiger partial charge < -0.3 is 16.0 Å². The van der Waals surface area contributed by atoms with Crippen LogP contribution in [0.1, 0.15) is 26.2 Å². The molecule has 5 nitrogen and oxygen atoms in total. The van der Waals surface area contributed by atoms with Gasteiger partial charge in [0.15, 0.2) is 5.78 Å². The summed E-state index contributed by atoms with van der Waals surface area (Å²) < 4.78 is 0. The van der Waals surface area contributed by atoms with Crippen molar-refractivity contribution in [2.45, 2.75) is 38.3 Å². The summed E-state index contributed by atoms with van der Waals surface area (Å²) in [5.41, 5.74) is 6.05. The Kier molecular flexibility index (Phi) is 5.22. The van der Waals surface area contributed by atoms with Crippen LogP contribution in [0.25, 0.3) is 0 Å². The molecule has 0 aliphatic heterocycles. The van der Waals surface area contributed by atoms with Crippen LogP contribution in [0, 0.1) is 5.92 Å². The molecular formula is C12H21N3O2S. The van der Waals surface area contributed by atoms with Gasteiger partial charge in [0.2, 0.25) is 5.91 Å². The van der Waals surface area contributed by atoms with Crippen LogP contribution < -0.4 is 11.1 Å². The molecule has 1 rings (SSSR count). The minimum absolute atomic E-state index is 0.00684. The summed E-state index contributed by atoms with van der Waals surface area (Å²) in [5.74, 6) is -0.0410. The summed E-state index contributed by atoms with van der Waals surface area (Å²) in [6.45, 7) is 1.43. The molecular weight excluding hydrogens is 250 g/mol. The fourth-order valence-corrected chi connectivity index (χ4v) is 2.40. The third-order valence-electron chi connectivity index (χ3n) is 3.33. The molecule has 0 saturated heterocycles. The number of carbonyl (C=O) groups excluding carboxylic acids is 2. The smallest absolute Gasteiger partial charge is 0.225 e. The molecule has 0 aromatic rings. The van der Waals surface area contributed by atoms with Gasteiger partial charge in [-0.1, -0.05) is 12.2 Å². The van der Waals surface area contributed by atoms with Crippen molar-refractivity contribution in [1.29, 1.82) is 0 Å². The highest BCUT2D eigenvalue weighted by atomic mass is 32.1. The van der Waals surface area contributed by atoms with Crippen LogP contribution >= 0.6 is 12.2 Å². The Morgan fingerprint density at radius 1 is 1.33 bits per heavy atom. The van der Waals surface area contributed by atoms with Crippen LogP contribution in [0.2, 0.25) is 0 Å². The number of nitrogens with zero attached hydrogens (tertiary/aromatic N) is 1. The second-order valence-corrected chi connectivity index (χ2v) is 5.45. The van der Waals surface area contributed by atoms with E-state index in [9.17, 15) is 9.59 Å². The predicted octanol–water partition coefficient (Wildman–Crippen LogP) is 0.0766. The SMILES string of the molecule is CC(=O)C(=S)N[C@H]1CC[C@H](C(=O)N(C)C)C[C@H]1N. The highest BCUT2D eigenvalue weighted by molar-refractivity contribution is 7.82. The Morgan fingerprint density at radius 3 is 2.39 bits per heavy atom. The van der Waals surface area contributed by atoms with E-state index < -0.39 is 0 Å². The van der Waals surface area contributed by atoms with Crippen molar-refractivity contribution in [2.75, 3.05) is 14.1 Å². The molecule has 3 atom stereocenters. The number of ketones is 1. The lowest BCUT2D eigenvalue weighted by Crippen LogP contribution is -2.53. The van der Waals surface area contributed by atoms with Gasteiger partial charge >= 0.3 is 0 Å². The lowest BCUT2D eigenvalue weighted by atomic mass is 9.82. The fraction of sp³-hybridized carbons (Fsp3) is 0.750. The Balaban J connectivity index is 2.54. The quantitative estimate of drug-likeness (QED) is 0.711. The van der Waals surface area contributed by atoms with Crippen molar-refractivity contribution in [1.82, 2.24) is 10.2 Å². The second-order valence-electron chi connectivity index (χ2n) is 5.04. The van der Waals surface area contributed by atoms with E-state index in [0.29, 0.717) is 6.42 Å². The summed E-state index contributed by atoms with van der Waals surface area (Å²) in [6.07, 6.45) is 2.18. The molecule has 1 fully saturated rings. The summed E-state index contributed by atoms with van der Waals surface area (Å²) in [6, 6.07) is -0.155. The molecule has 0 heterocycles. The van der Waals surface area contributed by atoms with Crippen LogP contribution in [0.4, 0.5) is 0 Å². The van der Waals surface area contributed by atoms with Crippen LogP contribution in [-0.4, -0.2) is 47.8 Å². The number of amides is 1. The van der Waals surface area contributed by atoms with Gasteiger partial charge in [-0.15, -0.1) is 0 Å². The van der Waals surface area contributed by atoms with Gasteiger partial charge in [0.25, 0.3) is 0 Å². The van der Waals surface area contributed by atoms with E-state index in [1.807, 2.05) is 0 Å². The minimum Gasteiger partial charge on any atom is -0.369 e. The van der Waals surface area contributed by atoms with Crippen molar-refractivity contribution < 1.29 is 9.59 Å². The summed E-state index contributed by atoms with van der Waals surface area (Å²) in [5, 5.41) is 2.99. The van der Waals surface area contributed by atoms with Crippen LogP contribution in [0.5, 0.6) is 0 Å². The molecule has 102 valence electrons. The topological polar surface area (TPSA) is 75.4 Å². The first-order valence-corrected chi connectivity index (χ1v) is 6.52. The molecule has 1 aliphatic rings. The van der Waals surface area contributed by atoms with Crippen LogP contribution in [-0.2, 0) is 9.59 Å². The van der Waals surface area contributed by atoms with Gasteiger partial charge in [0.1, 0.15) is 4.99 Å². The largest absolute Gasteiger partial charge is 0.369 e. The summed E-state index contributed by atoms with van der Waals surface area (Å²) in [4.78, 5) is 24.8.